The van der Waals surface area contributed by atoms with Gasteiger partial charge in [0, 0.05) is 0 Å². The summed E-state index contributed by atoms with van der Waals surface area (Å²) in [6.07, 6.45) is -0.00463. The van der Waals surface area contributed by atoms with Crippen LogP contribution in [0, 0.1) is 11.3 Å². The first-order valence-corrected chi connectivity index (χ1v) is 3.80. The maximum atomic E-state index is 11.8. The third-order valence-electron chi connectivity index (χ3n) is 0.855. The molecule has 0 amide bonds. The molecule has 0 aliphatic carbocycles. The number of nitrogens with zero attached hydrogens (tertiary/aromatic N) is 1. The zero-order chi connectivity index (χ0) is 7.49. The summed E-state index contributed by atoms with van der Waals surface area (Å²) in [5, 5.41) is 6.50. The molecule has 1 atom stereocenters. The van der Waals surface area contributed by atoms with Gasteiger partial charge in [0.05, 0.1) is 6.07 Å². The zero-order valence-electron chi connectivity index (χ0n) is 4.83. The predicted octanol–water partition coefficient (Wildman–Crippen LogP) is 0.588. The number of hydrogen-bond donors (Lipinski definition) is 0. The van der Waals surface area contributed by atoms with E-state index < -0.39 is 15.5 Å². The van der Waals surface area contributed by atoms with Gasteiger partial charge >= 0.3 is 10.2 Å². The molecular weight excluding hydrogens is 145 g/mol. The highest BCUT2D eigenvalue weighted by Gasteiger charge is 2.21. The van der Waals surface area contributed by atoms with E-state index in [2.05, 4.69) is 0 Å². The van der Waals surface area contributed by atoms with Crippen LogP contribution in [0.3, 0.4) is 0 Å². The van der Waals surface area contributed by atoms with Gasteiger partial charge in [0.2, 0.25) is 0 Å². The summed E-state index contributed by atoms with van der Waals surface area (Å²) in [6, 6.07) is 1.33. The lowest BCUT2D eigenvalue weighted by molar-refractivity contribution is 0.542. The molecule has 5 heteroatoms. The van der Waals surface area contributed by atoms with Crippen LogP contribution in [0.15, 0.2) is 0 Å². The van der Waals surface area contributed by atoms with Crippen LogP contribution < -0.4 is 0 Å². The maximum Gasteiger partial charge on any atom is 0.318 e. The molecule has 0 saturated heterocycles. The van der Waals surface area contributed by atoms with Gasteiger partial charge in [0.25, 0.3) is 0 Å². The van der Waals surface area contributed by atoms with Gasteiger partial charge < -0.3 is 0 Å². The lowest BCUT2D eigenvalue weighted by atomic mass is 10.4. The number of nitriles is 1. The Morgan fingerprint density at radius 2 is 2.22 bits per heavy atom. The summed E-state index contributed by atoms with van der Waals surface area (Å²) in [7, 11) is -4.63. The van der Waals surface area contributed by atoms with Crippen LogP contribution >= 0.6 is 0 Å². The molecule has 0 aliphatic rings. The highest BCUT2D eigenvalue weighted by Crippen LogP contribution is 2.05. The Hall–Kier alpha value is -0.630. The second-order valence-corrected chi connectivity index (χ2v) is 3.02. The quantitative estimate of drug-likeness (QED) is 0.542. The Labute approximate surface area is 53.3 Å². The van der Waals surface area contributed by atoms with E-state index in [0.717, 1.165) is 0 Å². The van der Waals surface area contributed by atoms with E-state index in [1.165, 1.54) is 13.0 Å². The Morgan fingerprint density at radius 3 is 2.22 bits per heavy atom. The van der Waals surface area contributed by atoms with Crippen molar-refractivity contribution in [3.05, 3.63) is 0 Å². The van der Waals surface area contributed by atoms with Crippen molar-refractivity contribution in [1.29, 1.82) is 5.26 Å². The number of halogens is 1. The molecule has 0 aromatic rings. The smallest absolute Gasteiger partial charge is 0.197 e. The van der Waals surface area contributed by atoms with Crippen LogP contribution in [0.25, 0.3) is 0 Å². The minimum atomic E-state index is -4.63. The minimum absolute atomic E-state index is 0.00463. The lowest BCUT2D eigenvalue weighted by Gasteiger charge is -1.95. The molecule has 0 bridgehead atoms. The second kappa shape index (κ2) is 2.78. The maximum absolute atomic E-state index is 11.8. The van der Waals surface area contributed by atoms with Gasteiger partial charge in [-0.3, -0.25) is 0 Å². The van der Waals surface area contributed by atoms with Crippen molar-refractivity contribution in [2.45, 2.75) is 18.6 Å². The normalized spacial score (nSPS) is 14.3. The molecule has 52 valence electrons. The van der Waals surface area contributed by atoms with Crippen LogP contribution in [0.1, 0.15) is 13.3 Å². The molecule has 0 heterocycles. The molecule has 1 unspecified atom stereocenters. The second-order valence-electron chi connectivity index (χ2n) is 1.50. The Bertz CT molecular complexity index is 215. The monoisotopic (exact) mass is 151 g/mol. The summed E-state index contributed by atoms with van der Waals surface area (Å²) >= 11 is 0. The van der Waals surface area contributed by atoms with E-state index in [4.69, 9.17) is 5.26 Å². The number of rotatable bonds is 2. The van der Waals surface area contributed by atoms with Gasteiger partial charge in [0.1, 0.15) is 0 Å². The molecule has 0 aromatic carbocycles. The average Bonchev–Trinajstić information content (AvgIpc) is 1.65. The Kier molecular flexibility index (Phi) is 2.59. The minimum Gasteiger partial charge on any atom is -0.197 e. The van der Waals surface area contributed by atoms with Crippen molar-refractivity contribution in [3.63, 3.8) is 0 Å². The first-order valence-electron chi connectivity index (χ1n) is 2.35. The van der Waals surface area contributed by atoms with Crippen molar-refractivity contribution in [3.8, 4) is 6.07 Å². The standard InChI is InChI=1S/C4H6FNO2S/c1-2-4(3-6)9(5,7)8/h4H,2H2,1H3. The molecule has 0 aromatic heterocycles. The summed E-state index contributed by atoms with van der Waals surface area (Å²) in [4.78, 5) is 0. The zero-order valence-corrected chi connectivity index (χ0v) is 5.65. The fourth-order valence-corrected chi connectivity index (χ4v) is 0.877. The van der Waals surface area contributed by atoms with Crippen molar-refractivity contribution in [2.75, 3.05) is 0 Å². The van der Waals surface area contributed by atoms with E-state index in [9.17, 15) is 12.3 Å². The van der Waals surface area contributed by atoms with E-state index >= 15 is 0 Å². The molecular formula is C4H6FNO2S. The van der Waals surface area contributed by atoms with Gasteiger partial charge in [0.15, 0.2) is 5.25 Å². The molecule has 0 fully saturated rings. The summed E-state index contributed by atoms with van der Waals surface area (Å²) in [6.45, 7) is 1.44. The molecule has 9 heavy (non-hydrogen) atoms. The largest absolute Gasteiger partial charge is 0.318 e. The molecule has 0 aliphatic heterocycles. The van der Waals surface area contributed by atoms with Gasteiger partial charge in [-0.1, -0.05) is 6.92 Å². The first kappa shape index (κ1) is 8.37. The van der Waals surface area contributed by atoms with Crippen LogP contribution in [0.2, 0.25) is 0 Å². The summed E-state index contributed by atoms with van der Waals surface area (Å²) in [5.74, 6) is 0. The highest BCUT2D eigenvalue weighted by atomic mass is 32.3. The molecule has 0 spiro atoms. The summed E-state index contributed by atoms with van der Waals surface area (Å²) in [5.41, 5.74) is 0. The number of hydrogen-bond acceptors (Lipinski definition) is 3. The van der Waals surface area contributed by atoms with Crippen LogP contribution in [-0.2, 0) is 10.2 Å². The Morgan fingerprint density at radius 1 is 1.78 bits per heavy atom. The predicted molar refractivity (Wildman–Crippen MR) is 29.7 cm³/mol. The molecule has 0 N–H and O–H groups in total. The molecule has 3 nitrogen and oxygen atoms in total. The van der Waals surface area contributed by atoms with Crippen LogP contribution in [0.5, 0.6) is 0 Å². The summed E-state index contributed by atoms with van der Waals surface area (Å²) < 4.78 is 31.6. The van der Waals surface area contributed by atoms with E-state index in [1.807, 2.05) is 0 Å². The Balaban J connectivity index is 4.38. The van der Waals surface area contributed by atoms with Crippen LogP contribution in [-0.4, -0.2) is 13.7 Å². The van der Waals surface area contributed by atoms with Crippen molar-refractivity contribution < 1.29 is 12.3 Å². The lowest BCUT2D eigenvalue weighted by Crippen LogP contribution is -2.12. The van der Waals surface area contributed by atoms with Gasteiger partial charge in [-0.2, -0.15) is 13.7 Å². The third kappa shape index (κ3) is 2.42. The fourth-order valence-electron chi connectivity index (χ4n) is 0.353. The van der Waals surface area contributed by atoms with Crippen molar-refractivity contribution >= 4 is 10.2 Å². The van der Waals surface area contributed by atoms with Gasteiger partial charge in [-0.05, 0) is 6.42 Å². The van der Waals surface area contributed by atoms with Gasteiger partial charge in [-0.25, -0.2) is 0 Å². The fraction of sp³-hybridized carbons (Fsp3) is 0.750. The topological polar surface area (TPSA) is 57.9 Å². The van der Waals surface area contributed by atoms with E-state index in [-0.39, 0.29) is 6.42 Å². The SMILES string of the molecule is CCC(C#N)S(=O)(=O)F. The van der Waals surface area contributed by atoms with E-state index in [0.29, 0.717) is 0 Å². The third-order valence-corrected chi connectivity index (χ3v) is 1.97. The van der Waals surface area contributed by atoms with Gasteiger partial charge in [-0.15, -0.1) is 3.89 Å². The molecule has 0 radical (unpaired) electrons. The van der Waals surface area contributed by atoms with Crippen molar-refractivity contribution in [2.24, 2.45) is 0 Å². The molecule has 0 rings (SSSR count). The van der Waals surface area contributed by atoms with Crippen molar-refractivity contribution in [1.82, 2.24) is 0 Å². The van der Waals surface area contributed by atoms with E-state index in [1.54, 1.807) is 0 Å². The first-order chi connectivity index (χ1) is 4.02. The highest BCUT2D eigenvalue weighted by molar-refractivity contribution is 7.87. The average molecular weight is 151 g/mol. The van der Waals surface area contributed by atoms with Crippen LogP contribution in [0.4, 0.5) is 3.89 Å². The molecule has 0 saturated carbocycles.